The van der Waals surface area contributed by atoms with Gasteiger partial charge in [0.2, 0.25) is 0 Å². The van der Waals surface area contributed by atoms with Crippen molar-refractivity contribution in [2.45, 2.75) is 13.3 Å². The summed E-state index contributed by atoms with van der Waals surface area (Å²) in [7, 11) is 0. The van der Waals surface area contributed by atoms with Crippen LogP contribution in [0.25, 0.3) is 0 Å². The number of carbonyl (C=O) groups excluding carboxylic acids is 1. The molecule has 0 spiro atoms. The first kappa shape index (κ1) is 11.9. The van der Waals surface area contributed by atoms with Crippen LogP contribution in [0.1, 0.15) is 18.1 Å². The summed E-state index contributed by atoms with van der Waals surface area (Å²) in [5.74, 6) is -0.406. The standard InChI is InChI=1S/C11H13N3O2/c1-2-16-10(15)5-8-9(13)4-3-7(6-12)11(8)14/h3-4H,2,5,13-14H2,1H3. The quantitative estimate of drug-likeness (QED) is 0.579. The number of anilines is 2. The summed E-state index contributed by atoms with van der Waals surface area (Å²) < 4.78 is 4.80. The van der Waals surface area contributed by atoms with Crippen LogP contribution in [0.4, 0.5) is 11.4 Å². The molecule has 1 aromatic rings. The third kappa shape index (κ3) is 2.42. The van der Waals surface area contributed by atoms with Gasteiger partial charge in [-0.1, -0.05) is 0 Å². The van der Waals surface area contributed by atoms with Gasteiger partial charge in [-0.15, -0.1) is 0 Å². The molecule has 5 heteroatoms. The van der Waals surface area contributed by atoms with Crippen LogP contribution in [0.2, 0.25) is 0 Å². The normalized spacial score (nSPS) is 9.50. The first-order valence-electron chi connectivity index (χ1n) is 4.82. The Morgan fingerprint density at radius 3 is 2.75 bits per heavy atom. The van der Waals surface area contributed by atoms with Gasteiger partial charge < -0.3 is 16.2 Å². The minimum absolute atomic E-state index is 0.0129. The van der Waals surface area contributed by atoms with E-state index < -0.39 is 5.97 Å². The zero-order valence-electron chi connectivity index (χ0n) is 8.99. The Bertz CT molecular complexity index is 449. The summed E-state index contributed by atoms with van der Waals surface area (Å²) >= 11 is 0. The van der Waals surface area contributed by atoms with Crippen molar-refractivity contribution in [2.75, 3.05) is 18.1 Å². The molecule has 0 radical (unpaired) electrons. The first-order chi connectivity index (χ1) is 7.60. The largest absolute Gasteiger partial charge is 0.466 e. The predicted octanol–water partition coefficient (Wildman–Crippen LogP) is 0.828. The molecule has 0 amide bonds. The smallest absolute Gasteiger partial charge is 0.310 e. The van der Waals surface area contributed by atoms with Crippen LogP contribution < -0.4 is 11.5 Å². The van der Waals surface area contributed by atoms with Gasteiger partial charge in [-0.05, 0) is 19.1 Å². The zero-order chi connectivity index (χ0) is 12.1. The maximum Gasteiger partial charge on any atom is 0.310 e. The maximum atomic E-state index is 11.3. The summed E-state index contributed by atoms with van der Waals surface area (Å²) in [6.07, 6.45) is -0.0129. The molecule has 84 valence electrons. The topological polar surface area (TPSA) is 102 Å². The van der Waals surface area contributed by atoms with E-state index in [1.165, 1.54) is 6.07 Å². The lowest BCUT2D eigenvalue weighted by molar-refractivity contribution is -0.142. The molecule has 0 fully saturated rings. The third-order valence-corrected chi connectivity index (χ3v) is 2.14. The fourth-order valence-corrected chi connectivity index (χ4v) is 1.33. The number of nitriles is 1. The van der Waals surface area contributed by atoms with Crippen molar-refractivity contribution in [2.24, 2.45) is 0 Å². The number of carbonyl (C=O) groups is 1. The summed E-state index contributed by atoms with van der Waals surface area (Å²) in [5.41, 5.74) is 12.8. The Kier molecular flexibility index (Phi) is 3.72. The number of hydrogen-bond donors (Lipinski definition) is 2. The highest BCUT2D eigenvalue weighted by atomic mass is 16.5. The van der Waals surface area contributed by atoms with Crippen molar-refractivity contribution in [3.05, 3.63) is 23.3 Å². The summed E-state index contributed by atoms with van der Waals surface area (Å²) in [5, 5.41) is 8.78. The summed E-state index contributed by atoms with van der Waals surface area (Å²) in [6, 6.07) is 5.02. The molecular weight excluding hydrogens is 206 g/mol. The number of nitrogen functional groups attached to an aromatic ring is 2. The SMILES string of the molecule is CCOC(=O)Cc1c(N)ccc(C#N)c1N. The molecule has 0 unspecified atom stereocenters. The van der Waals surface area contributed by atoms with Crippen LogP contribution in [-0.2, 0) is 16.0 Å². The van der Waals surface area contributed by atoms with Crippen LogP contribution in [0, 0.1) is 11.3 Å². The molecule has 0 aliphatic rings. The molecule has 4 N–H and O–H groups in total. The minimum Gasteiger partial charge on any atom is -0.466 e. The molecule has 0 saturated heterocycles. The highest BCUT2D eigenvalue weighted by molar-refractivity contribution is 5.80. The monoisotopic (exact) mass is 219 g/mol. The van der Waals surface area contributed by atoms with Crippen molar-refractivity contribution in [3.63, 3.8) is 0 Å². The molecule has 0 aliphatic heterocycles. The van der Waals surface area contributed by atoms with E-state index in [1.807, 2.05) is 6.07 Å². The lowest BCUT2D eigenvalue weighted by Crippen LogP contribution is -2.12. The van der Waals surface area contributed by atoms with Crippen molar-refractivity contribution in [3.8, 4) is 6.07 Å². The van der Waals surface area contributed by atoms with E-state index in [1.54, 1.807) is 13.0 Å². The highest BCUT2D eigenvalue weighted by Crippen LogP contribution is 2.24. The number of esters is 1. The molecule has 0 heterocycles. The average molecular weight is 219 g/mol. The van der Waals surface area contributed by atoms with E-state index in [0.29, 0.717) is 23.4 Å². The van der Waals surface area contributed by atoms with E-state index >= 15 is 0 Å². The fourth-order valence-electron chi connectivity index (χ4n) is 1.33. The van der Waals surface area contributed by atoms with E-state index in [-0.39, 0.29) is 12.1 Å². The molecule has 0 aliphatic carbocycles. The summed E-state index contributed by atoms with van der Waals surface area (Å²) in [6.45, 7) is 2.02. The molecule has 1 rings (SSSR count). The second kappa shape index (κ2) is 5.03. The number of rotatable bonds is 3. The lowest BCUT2D eigenvalue weighted by atomic mass is 10.0. The molecule has 0 saturated carbocycles. The van der Waals surface area contributed by atoms with Crippen LogP contribution in [0.15, 0.2) is 12.1 Å². The Morgan fingerprint density at radius 1 is 1.50 bits per heavy atom. The van der Waals surface area contributed by atoms with E-state index in [2.05, 4.69) is 0 Å². The average Bonchev–Trinajstić information content (AvgIpc) is 2.25. The molecular formula is C11H13N3O2. The van der Waals surface area contributed by atoms with Gasteiger partial charge >= 0.3 is 5.97 Å². The van der Waals surface area contributed by atoms with Gasteiger partial charge in [0.1, 0.15) is 6.07 Å². The van der Waals surface area contributed by atoms with Crippen molar-refractivity contribution >= 4 is 17.3 Å². The van der Waals surface area contributed by atoms with Gasteiger partial charge in [-0.25, -0.2) is 0 Å². The van der Waals surface area contributed by atoms with Gasteiger partial charge in [-0.2, -0.15) is 5.26 Å². The lowest BCUT2D eigenvalue weighted by Gasteiger charge is -2.09. The van der Waals surface area contributed by atoms with Crippen molar-refractivity contribution in [1.82, 2.24) is 0 Å². The molecule has 0 atom stereocenters. The first-order valence-corrected chi connectivity index (χ1v) is 4.82. The van der Waals surface area contributed by atoms with Crippen LogP contribution in [0.5, 0.6) is 0 Å². The van der Waals surface area contributed by atoms with Gasteiger partial charge in [-0.3, -0.25) is 4.79 Å². The van der Waals surface area contributed by atoms with Crippen LogP contribution in [0.3, 0.4) is 0 Å². The molecule has 0 bridgehead atoms. The Morgan fingerprint density at radius 2 is 2.19 bits per heavy atom. The van der Waals surface area contributed by atoms with Gasteiger partial charge in [0.15, 0.2) is 0 Å². The Hall–Kier alpha value is -2.22. The summed E-state index contributed by atoms with van der Waals surface area (Å²) in [4.78, 5) is 11.3. The molecule has 16 heavy (non-hydrogen) atoms. The van der Waals surface area contributed by atoms with Crippen LogP contribution in [-0.4, -0.2) is 12.6 Å². The fraction of sp³-hybridized carbons (Fsp3) is 0.273. The Labute approximate surface area is 93.6 Å². The second-order valence-corrected chi connectivity index (χ2v) is 3.19. The highest BCUT2D eigenvalue weighted by Gasteiger charge is 2.13. The van der Waals surface area contributed by atoms with E-state index in [9.17, 15) is 4.79 Å². The predicted molar refractivity (Wildman–Crippen MR) is 60.3 cm³/mol. The number of hydrogen-bond acceptors (Lipinski definition) is 5. The van der Waals surface area contributed by atoms with Crippen LogP contribution >= 0.6 is 0 Å². The number of nitrogens with two attached hydrogens (primary N) is 2. The number of ether oxygens (including phenoxy) is 1. The molecule has 1 aromatic carbocycles. The zero-order valence-corrected chi connectivity index (χ0v) is 8.99. The van der Waals surface area contributed by atoms with Gasteiger partial charge in [0, 0.05) is 11.3 Å². The number of nitrogens with zero attached hydrogens (tertiary/aromatic N) is 1. The van der Waals surface area contributed by atoms with Crippen molar-refractivity contribution in [1.29, 1.82) is 5.26 Å². The Balaban J connectivity index is 3.04. The second-order valence-electron chi connectivity index (χ2n) is 3.19. The molecule has 0 aromatic heterocycles. The minimum atomic E-state index is -0.406. The van der Waals surface area contributed by atoms with E-state index in [0.717, 1.165) is 0 Å². The van der Waals surface area contributed by atoms with Crippen molar-refractivity contribution < 1.29 is 9.53 Å². The number of benzene rings is 1. The van der Waals surface area contributed by atoms with Gasteiger partial charge in [0.25, 0.3) is 0 Å². The molecule has 5 nitrogen and oxygen atoms in total. The van der Waals surface area contributed by atoms with Gasteiger partial charge in [0.05, 0.1) is 24.3 Å². The third-order valence-electron chi connectivity index (χ3n) is 2.14. The van der Waals surface area contributed by atoms with E-state index in [4.69, 9.17) is 21.5 Å². The maximum absolute atomic E-state index is 11.3.